The summed E-state index contributed by atoms with van der Waals surface area (Å²) in [4.78, 5) is 13.7. The summed E-state index contributed by atoms with van der Waals surface area (Å²) >= 11 is 0. The van der Waals surface area contributed by atoms with Crippen molar-refractivity contribution < 1.29 is 14.3 Å². The maximum atomic E-state index is 13.2. The third-order valence-electron chi connectivity index (χ3n) is 2.97. The second-order valence-corrected chi connectivity index (χ2v) is 4.56. The Morgan fingerprint density at radius 2 is 2.24 bits per heavy atom. The number of hydrogen-bond donors (Lipinski definition) is 1. The first kappa shape index (κ1) is 12.0. The van der Waals surface area contributed by atoms with Crippen LogP contribution in [-0.4, -0.2) is 35.1 Å². The first-order chi connectivity index (χ1) is 8.06. The third kappa shape index (κ3) is 2.82. The summed E-state index contributed by atoms with van der Waals surface area (Å²) in [7, 11) is 0. The average Bonchev–Trinajstić information content (AvgIpc) is 2.26. The van der Waals surface area contributed by atoms with E-state index in [2.05, 4.69) is 0 Å². The maximum absolute atomic E-state index is 13.2. The van der Waals surface area contributed by atoms with E-state index in [1.54, 1.807) is 17.9 Å². The topological polar surface area (TPSA) is 40.5 Å². The molecule has 2 rings (SSSR count). The molecule has 1 atom stereocenters. The fraction of sp³-hybridized carbons (Fsp3) is 0.462. The molecule has 1 aliphatic rings. The van der Waals surface area contributed by atoms with Gasteiger partial charge in [0.1, 0.15) is 5.82 Å². The normalized spacial score (nSPS) is 20.4. The first-order valence-corrected chi connectivity index (χ1v) is 5.81. The van der Waals surface area contributed by atoms with Crippen LogP contribution in [-0.2, 0) is 0 Å². The highest BCUT2D eigenvalue weighted by molar-refractivity contribution is 5.94. The van der Waals surface area contributed by atoms with Gasteiger partial charge in [0.15, 0.2) is 0 Å². The molecule has 0 bridgehead atoms. The lowest BCUT2D eigenvalue weighted by Gasteiger charge is -2.30. The Morgan fingerprint density at radius 1 is 1.47 bits per heavy atom. The van der Waals surface area contributed by atoms with E-state index in [9.17, 15) is 14.3 Å². The number of carbonyl (C=O) groups is 1. The van der Waals surface area contributed by atoms with Gasteiger partial charge in [0.25, 0.3) is 5.91 Å². The number of rotatable bonds is 1. The molecule has 1 amide bonds. The summed E-state index contributed by atoms with van der Waals surface area (Å²) in [5, 5.41) is 9.52. The number of hydrogen-bond acceptors (Lipinski definition) is 2. The molecule has 0 unspecified atom stereocenters. The lowest BCUT2D eigenvalue weighted by molar-refractivity contribution is 0.0473. The van der Waals surface area contributed by atoms with Crippen molar-refractivity contribution in [3.63, 3.8) is 0 Å². The van der Waals surface area contributed by atoms with Gasteiger partial charge in [-0.15, -0.1) is 0 Å². The van der Waals surface area contributed by atoms with E-state index in [0.29, 0.717) is 18.7 Å². The van der Waals surface area contributed by atoms with E-state index in [1.807, 2.05) is 0 Å². The number of aryl methyl sites for hydroxylation is 1. The summed E-state index contributed by atoms with van der Waals surface area (Å²) in [5.41, 5.74) is 1.09. The molecular weight excluding hydrogens is 221 g/mol. The molecule has 92 valence electrons. The minimum Gasteiger partial charge on any atom is -0.391 e. The number of halogens is 1. The van der Waals surface area contributed by atoms with Gasteiger partial charge >= 0.3 is 0 Å². The number of likely N-dealkylation sites (tertiary alicyclic amines) is 1. The van der Waals surface area contributed by atoms with Gasteiger partial charge in [-0.3, -0.25) is 4.79 Å². The molecular formula is C13H16FNO2. The fourth-order valence-corrected chi connectivity index (χ4v) is 2.18. The minimum atomic E-state index is -0.456. The number of aliphatic hydroxyl groups is 1. The van der Waals surface area contributed by atoms with Crippen molar-refractivity contribution in [2.24, 2.45) is 0 Å². The number of piperidine rings is 1. The molecule has 1 heterocycles. The van der Waals surface area contributed by atoms with Gasteiger partial charge in [0.2, 0.25) is 0 Å². The van der Waals surface area contributed by atoms with Crippen molar-refractivity contribution in [3.05, 3.63) is 35.1 Å². The molecule has 1 aromatic carbocycles. The Morgan fingerprint density at radius 3 is 2.88 bits per heavy atom. The SMILES string of the molecule is Cc1cc(F)cc(C(=O)N2CCC[C@H](O)C2)c1. The second-order valence-electron chi connectivity index (χ2n) is 4.56. The largest absolute Gasteiger partial charge is 0.391 e. The number of β-amino-alcohol motifs (C(OH)–C–C–N with tert-alkyl or cyclic N) is 1. The Labute approximate surface area is 99.9 Å². The van der Waals surface area contributed by atoms with E-state index >= 15 is 0 Å². The van der Waals surface area contributed by atoms with Gasteiger partial charge in [-0.2, -0.15) is 0 Å². The monoisotopic (exact) mass is 237 g/mol. The highest BCUT2D eigenvalue weighted by Crippen LogP contribution is 2.15. The van der Waals surface area contributed by atoms with Gasteiger partial charge in [-0.25, -0.2) is 4.39 Å². The summed E-state index contributed by atoms with van der Waals surface area (Å²) in [6.07, 6.45) is 1.06. The molecule has 4 heteroatoms. The smallest absolute Gasteiger partial charge is 0.254 e. The highest BCUT2D eigenvalue weighted by Gasteiger charge is 2.23. The molecule has 3 nitrogen and oxygen atoms in total. The molecule has 0 aromatic heterocycles. The summed E-state index contributed by atoms with van der Waals surface area (Å²) in [6.45, 7) is 2.73. The van der Waals surface area contributed by atoms with Crippen molar-refractivity contribution in [1.29, 1.82) is 0 Å². The lowest BCUT2D eigenvalue weighted by atomic mass is 10.1. The highest BCUT2D eigenvalue weighted by atomic mass is 19.1. The number of aliphatic hydroxyl groups excluding tert-OH is 1. The molecule has 17 heavy (non-hydrogen) atoms. The molecule has 0 radical (unpaired) electrons. The molecule has 0 aliphatic carbocycles. The second kappa shape index (κ2) is 4.84. The van der Waals surface area contributed by atoms with E-state index in [1.165, 1.54) is 12.1 Å². The Bertz CT molecular complexity index is 413. The van der Waals surface area contributed by atoms with Gasteiger partial charge in [0, 0.05) is 18.7 Å². The third-order valence-corrected chi connectivity index (χ3v) is 2.97. The van der Waals surface area contributed by atoms with Gasteiger partial charge in [-0.05, 0) is 43.5 Å². The molecule has 0 spiro atoms. The van der Waals surface area contributed by atoms with Crippen molar-refractivity contribution in [2.75, 3.05) is 13.1 Å². The fourth-order valence-electron chi connectivity index (χ4n) is 2.18. The zero-order chi connectivity index (χ0) is 12.4. The van der Waals surface area contributed by atoms with E-state index in [0.717, 1.165) is 18.4 Å². The number of nitrogens with zero attached hydrogens (tertiary/aromatic N) is 1. The van der Waals surface area contributed by atoms with Crippen molar-refractivity contribution in [1.82, 2.24) is 4.90 Å². The van der Waals surface area contributed by atoms with Crippen LogP contribution in [0.4, 0.5) is 4.39 Å². The van der Waals surface area contributed by atoms with Crippen LogP contribution in [0.5, 0.6) is 0 Å². The number of carbonyl (C=O) groups excluding carboxylic acids is 1. The first-order valence-electron chi connectivity index (χ1n) is 5.81. The summed E-state index contributed by atoms with van der Waals surface area (Å²) in [6, 6.07) is 4.31. The van der Waals surface area contributed by atoms with Crippen LogP contribution in [0.1, 0.15) is 28.8 Å². The Balaban J connectivity index is 2.18. The van der Waals surface area contributed by atoms with Crippen LogP contribution in [0.3, 0.4) is 0 Å². The zero-order valence-corrected chi connectivity index (χ0v) is 9.82. The van der Waals surface area contributed by atoms with Crippen LogP contribution in [0.25, 0.3) is 0 Å². The van der Waals surface area contributed by atoms with E-state index in [-0.39, 0.29) is 5.91 Å². The van der Waals surface area contributed by atoms with Crippen molar-refractivity contribution in [2.45, 2.75) is 25.9 Å². The predicted molar refractivity (Wildman–Crippen MR) is 62.3 cm³/mol. The molecule has 1 fully saturated rings. The van der Waals surface area contributed by atoms with E-state index < -0.39 is 11.9 Å². The molecule has 1 aromatic rings. The molecule has 1 N–H and O–H groups in total. The standard InChI is InChI=1S/C13H16FNO2/c1-9-5-10(7-11(14)6-9)13(17)15-4-2-3-12(16)8-15/h5-7,12,16H,2-4,8H2,1H3/t12-/m0/s1. The number of benzene rings is 1. The van der Waals surface area contributed by atoms with Gasteiger partial charge in [0.05, 0.1) is 6.10 Å². The number of amides is 1. The van der Waals surface area contributed by atoms with Crippen LogP contribution in [0.2, 0.25) is 0 Å². The summed E-state index contributed by atoms with van der Waals surface area (Å²) < 4.78 is 13.2. The van der Waals surface area contributed by atoms with Crippen molar-refractivity contribution in [3.8, 4) is 0 Å². The van der Waals surface area contributed by atoms with Crippen LogP contribution >= 0.6 is 0 Å². The summed E-state index contributed by atoms with van der Waals surface area (Å²) in [5.74, 6) is -0.600. The molecule has 0 saturated carbocycles. The average molecular weight is 237 g/mol. The molecule has 1 saturated heterocycles. The lowest BCUT2D eigenvalue weighted by Crippen LogP contribution is -2.42. The maximum Gasteiger partial charge on any atom is 0.254 e. The minimum absolute atomic E-state index is 0.202. The van der Waals surface area contributed by atoms with E-state index in [4.69, 9.17) is 0 Å². The van der Waals surface area contributed by atoms with Crippen LogP contribution < -0.4 is 0 Å². The molecule has 1 aliphatic heterocycles. The van der Waals surface area contributed by atoms with Crippen LogP contribution in [0.15, 0.2) is 18.2 Å². The zero-order valence-electron chi connectivity index (χ0n) is 9.82. The van der Waals surface area contributed by atoms with Gasteiger partial charge in [-0.1, -0.05) is 0 Å². The quantitative estimate of drug-likeness (QED) is 0.808. The predicted octanol–water partition coefficient (Wildman–Crippen LogP) is 1.73. The van der Waals surface area contributed by atoms with Crippen molar-refractivity contribution >= 4 is 5.91 Å². The van der Waals surface area contributed by atoms with Crippen LogP contribution in [0, 0.1) is 12.7 Å². The Hall–Kier alpha value is -1.42. The van der Waals surface area contributed by atoms with Gasteiger partial charge < -0.3 is 10.0 Å². The Kier molecular flexibility index (Phi) is 3.43.